The summed E-state index contributed by atoms with van der Waals surface area (Å²) in [6.07, 6.45) is 0. The van der Waals surface area contributed by atoms with E-state index in [0.29, 0.717) is 5.69 Å². The van der Waals surface area contributed by atoms with Gasteiger partial charge in [-0.2, -0.15) is 0 Å². The van der Waals surface area contributed by atoms with Gasteiger partial charge in [0.2, 0.25) is 5.91 Å². The number of nitrogens with zero attached hydrogens (tertiary/aromatic N) is 1. The Morgan fingerprint density at radius 2 is 2.20 bits per heavy atom. The lowest BCUT2D eigenvalue weighted by molar-refractivity contribution is -0.122. The Bertz CT molecular complexity index is 344. The molecular formula is C9H14N2O4. The first-order valence-electron chi connectivity index (χ1n) is 4.48. The quantitative estimate of drug-likeness (QED) is 0.616. The fourth-order valence-electron chi connectivity index (χ4n) is 1.27. The lowest BCUT2D eigenvalue weighted by atomic mass is 9.98. The molecule has 3 N–H and O–H groups in total. The van der Waals surface area contributed by atoms with E-state index < -0.39 is 18.8 Å². The number of hydrogen-bond donors (Lipinski definition) is 3. The average molecular weight is 214 g/mol. The third kappa shape index (κ3) is 2.34. The first-order valence-corrected chi connectivity index (χ1v) is 4.48. The summed E-state index contributed by atoms with van der Waals surface area (Å²) in [7, 11) is 0. The molecule has 1 rings (SSSR count). The van der Waals surface area contributed by atoms with Gasteiger partial charge >= 0.3 is 0 Å². The maximum atomic E-state index is 11.0. The van der Waals surface area contributed by atoms with Gasteiger partial charge < -0.3 is 20.1 Å². The van der Waals surface area contributed by atoms with Crippen molar-refractivity contribution in [1.82, 2.24) is 10.5 Å². The smallest absolute Gasteiger partial charge is 0.217 e. The van der Waals surface area contributed by atoms with Crippen molar-refractivity contribution in [3.8, 4) is 0 Å². The van der Waals surface area contributed by atoms with Crippen molar-refractivity contribution in [3.63, 3.8) is 0 Å². The zero-order chi connectivity index (χ0) is 11.5. The molecule has 84 valence electrons. The Morgan fingerprint density at radius 3 is 2.53 bits per heavy atom. The summed E-state index contributed by atoms with van der Waals surface area (Å²) in [5.41, 5.74) is -0.686. The van der Waals surface area contributed by atoms with Crippen LogP contribution in [0.1, 0.15) is 18.4 Å². The van der Waals surface area contributed by atoms with Crippen LogP contribution in [-0.2, 0) is 10.3 Å². The molecule has 0 aliphatic rings. The van der Waals surface area contributed by atoms with Crippen molar-refractivity contribution in [2.75, 3.05) is 13.2 Å². The number of nitrogens with one attached hydrogen (secondary N) is 1. The third-order valence-electron chi connectivity index (χ3n) is 2.05. The summed E-state index contributed by atoms with van der Waals surface area (Å²) < 4.78 is 4.93. The zero-order valence-corrected chi connectivity index (χ0v) is 8.65. The Labute approximate surface area is 86.9 Å². The molecule has 0 saturated carbocycles. The van der Waals surface area contributed by atoms with Gasteiger partial charge in [0.05, 0.1) is 18.9 Å². The minimum Gasteiger partial charge on any atom is -0.393 e. The molecule has 1 amide bonds. The van der Waals surface area contributed by atoms with Gasteiger partial charge in [0.25, 0.3) is 0 Å². The number of aliphatic hydroxyl groups is 2. The van der Waals surface area contributed by atoms with Gasteiger partial charge in [0.1, 0.15) is 5.54 Å². The minimum absolute atomic E-state index is 0.236. The Balaban J connectivity index is 3.04. The number of carbonyl (C=O) groups is 1. The van der Waals surface area contributed by atoms with E-state index >= 15 is 0 Å². The van der Waals surface area contributed by atoms with Gasteiger partial charge in [-0.3, -0.25) is 4.79 Å². The minimum atomic E-state index is -1.30. The molecule has 15 heavy (non-hydrogen) atoms. The standard InChI is InChI=1S/C9H14N2O4/c1-6-3-8(15-11-6)9(4-12,5-13)10-7(2)14/h3,12-13H,4-5H2,1-2H3,(H,10,14). The van der Waals surface area contributed by atoms with Crippen LogP contribution in [0.4, 0.5) is 0 Å². The molecule has 1 aromatic rings. The van der Waals surface area contributed by atoms with Gasteiger partial charge in [0, 0.05) is 13.0 Å². The van der Waals surface area contributed by atoms with Crippen molar-refractivity contribution < 1.29 is 19.5 Å². The molecule has 0 saturated heterocycles. The molecule has 6 heteroatoms. The normalized spacial score (nSPS) is 11.5. The highest BCUT2D eigenvalue weighted by atomic mass is 16.5. The van der Waals surface area contributed by atoms with Crippen molar-refractivity contribution in [2.45, 2.75) is 19.4 Å². The molecule has 0 fully saturated rings. The Kier molecular flexibility index (Phi) is 3.43. The molecular weight excluding hydrogens is 200 g/mol. The fraction of sp³-hybridized carbons (Fsp3) is 0.556. The van der Waals surface area contributed by atoms with Crippen LogP contribution in [0.15, 0.2) is 10.6 Å². The molecule has 0 bridgehead atoms. The monoisotopic (exact) mass is 214 g/mol. The summed E-state index contributed by atoms with van der Waals surface area (Å²) in [6, 6.07) is 1.56. The van der Waals surface area contributed by atoms with Gasteiger partial charge in [-0.15, -0.1) is 0 Å². The fourth-order valence-corrected chi connectivity index (χ4v) is 1.27. The summed E-state index contributed by atoms with van der Waals surface area (Å²) >= 11 is 0. The lowest BCUT2D eigenvalue weighted by Gasteiger charge is -2.27. The van der Waals surface area contributed by atoms with Crippen LogP contribution in [0, 0.1) is 6.92 Å². The number of hydrogen-bond acceptors (Lipinski definition) is 5. The molecule has 0 atom stereocenters. The number of carbonyl (C=O) groups excluding carboxylic acids is 1. The zero-order valence-electron chi connectivity index (χ0n) is 8.65. The molecule has 0 radical (unpaired) electrons. The maximum Gasteiger partial charge on any atom is 0.217 e. The number of aryl methyl sites for hydroxylation is 1. The van der Waals surface area contributed by atoms with Gasteiger partial charge in [-0.25, -0.2) is 0 Å². The van der Waals surface area contributed by atoms with Crippen molar-refractivity contribution in [3.05, 3.63) is 17.5 Å². The molecule has 0 aliphatic carbocycles. The first kappa shape index (κ1) is 11.7. The predicted molar refractivity (Wildman–Crippen MR) is 50.9 cm³/mol. The molecule has 1 aromatic heterocycles. The van der Waals surface area contributed by atoms with E-state index in [4.69, 9.17) is 4.52 Å². The van der Waals surface area contributed by atoms with Gasteiger partial charge in [-0.1, -0.05) is 5.16 Å². The van der Waals surface area contributed by atoms with Crippen LogP contribution < -0.4 is 5.32 Å². The van der Waals surface area contributed by atoms with Crippen LogP contribution >= 0.6 is 0 Å². The second kappa shape index (κ2) is 4.41. The highest BCUT2D eigenvalue weighted by Crippen LogP contribution is 2.21. The number of amides is 1. The van der Waals surface area contributed by atoms with E-state index in [0.717, 1.165) is 0 Å². The van der Waals surface area contributed by atoms with Gasteiger partial charge in [-0.05, 0) is 6.92 Å². The van der Waals surface area contributed by atoms with E-state index in [2.05, 4.69) is 10.5 Å². The second-order valence-electron chi connectivity index (χ2n) is 3.41. The summed E-state index contributed by atoms with van der Waals surface area (Å²) in [6.45, 7) is 2.08. The molecule has 0 aromatic carbocycles. The maximum absolute atomic E-state index is 11.0. The third-order valence-corrected chi connectivity index (χ3v) is 2.05. The van der Waals surface area contributed by atoms with Crippen molar-refractivity contribution in [2.24, 2.45) is 0 Å². The number of rotatable bonds is 4. The Hall–Kier alpha value is -1.40. The summed E-state index contributed by atoms with van der Waals surface area (Å²) in [5.74, 6) is -0.132. The summed E-state index contributed by atoms with van der Waals surface area (Å²) in [5, 5.41) is 24.5. The van der Waals surface area contributed by atoms with Crippen molar-refractivity contribution in [1.29, 1.82) is 0 Å². The van der Waals surface area contributed by atoms with E-state index in [9.17, 15) is 15.0 Å². The molecule has 0 aliphatic heterocycles. The van der Waals surface area contributed by atoms with Crippen molar-refractivity contribution >= 4 is 5.91 Å². The van der Waals surface area contributed by atoms with Crippen LogP contribution in [0.2, 0.25) is 0 Å². The predicted octanol–water partition coefficient (Wildman–Crippen LogP) is -0.701. The largest absolute Gasteiger partial charge is 0.393 e. The summed E-state index contributed by atoms with van der Waals surface area (Å²) in [4.78, 5) is 11.0. The van der Waals surface area contributed by atoms with Crippen LogP contribution in [0.25, 0.3) is 0 Å². The van der Waals surface area contributed by atoms with E-state index in [-0.39, 0.29) is 11.7 Å². The van der Waals surface area contributed by atoms with E-state index in [1.54, 1.807) is 13.0 Å². The molecule has 0 unspecified atom stereocenters. The van der Waals surface area contributed by atoms with Gasteiger partial charge in [0.15, 0.2) is 5.76 Å². The molecule has 1 heterocycles. The lowest BCUT2D eigenvalue weighted by Crippen LogP contribution is -2.50. The first-order chi connectivity index (χ1) is 7.04. The van der Waals surface area contributed by atoms with Crippen LogP contribution in [0.5, 0.6) is 0 Å². The number of aliphatic hydroxyl groups excluding tert-OH is 2. The van der Waals surface area contributed by atoms with Crippen LogP contribution in [0.3, 0.4) is 0 Å². The molecule has 6 nitrogen and oxygen atoms in total. The second-order valence-corrected chi connectivity index (χ2v) is 3.41. The average Bonchev–Trinajstić information content (AvgIpc) is 2.61. The van der Waals surface area contributed by atoms with E-state index in [1.807, 2.05) is 0 Å². The highest BCUT2D eigenvalue weighted by Gasteiger charge is 2.36. The topological polar surface area (TPSA) is 95.6 Å². The Morgan fingerprint density at radius 1 is 1.60 bits per heavy atom. The van der Waals surface area contributed by atoms with Crippen LogP contribution in [-0.4, -0.2) is 34.5 Å². The highest BCUT2D eigenvalue weighted by molar-refractivity contribution is 5.74. The van der Waals surface area contributed by atoms with E-state index in [1.165, 1.54) is 6.92 Å². The SMILES string of the molecule is CC(=O)NC(CO)(CO)c1cc(C)no1. The number of aromatic nitrogens is 1. The molecule has 0 spiro atoms.